The van der Waals surface area contributed by atoms with Crippen molar-refractivity contribution in [3.05, 3.63) is 52.4 Å². The molecule has 0 saturated carbocycles. The Balaban J connectivity index is 1.83. The molecule has 0 aliphatic heterocycles. The predicted molar refractivity (Wildman–Crippen MR) is 81.7 cm³/mol. The average Bonchev–Trinajstić information content (AvgIpc) is 2.77. The predicted octanol–water partition coefficient (Wildman–Crippen LogP) is 2.00. The fourth-order valence-electron chi connectivity index (χ4n) is 1.95. The van der Waals surface area contributed by atoms with E-state index in [9.17, 15) is 4.79 Å². The number of hydrogen-bond acceptors (Lipinski definition) is 2. The second kappa shape index (κ2) is 6.72. The van der Waals surface area contributed by atoms with Gasteiger partial charge in [0.25, 0.3) is 5.91 Å². The number of carbonyl (C=O) groups is 1. The minimum Gasteiger partial charge on any atom is -0.460 e. The first-order valence-corrected chi connectivity index (χ1v) is 7.24. The highest BCUT2D eigenvalue weighted by atomic mass is 79.9. The number of nitrogens with one attached hydrogen (secondary N) is 2. The summed E-state index contributed by atoms with van der Waals surface area (Å²) in [5.74, 6) is 1.79. The summed E-state index contributed by atoms with van der Waals surface area (Å²) in [6.07, 6.45) is 0. The monoisotopic (exact) mass is 337 g/mol. The second-order valence-corrected chi connectivity index (χ2v) is 5.79. The molecule has 0 fully saturated rings. The van der Waals surface area contributed by atoms with Crippen LogP contribution in [0.25, 0.3) is 0 Å². The average molecular weight is 338 g/mol. The minimum atomic E-state index is -0.00639. The molecular weight excluding hydrogens is 320 g/mol. The molecule has 20 heavy (non-hydrogen) atoms. The van der Waals surface area contributed by atoms with Crippen molar-refractivity contribution in [2.45, 2.75) is 13.5 Å². The molecule has 1 aromatic heterocycles. The summed E-state index contributed by atoms with van der Waals surface area (Å²) in [4.78, 5) is 13.0. The third-order valence-electron chi connectivity index (χ3n) is 2.86. The Morgan fingerprint density at radius 2 is 1.95 bits per heavy atom. The fraction of sp³-hybridized carbons (Fsp3) is 0.267. The Labute approximate surface area is 126 Å². The highest BCUT2D eigenvalue weighted by molar-refractivity contribution is 9.10. The fourth-order valence-corrected chi connectivity index (χ4v) is 2.22. The van der Waals surface area contributed by atoms with Crippen LogP contribution in [0.2, 0.25) is 0 Å². The van der Waals surface area contributed by atoms with Crippen LogP contribution in [0.3, 0.4) is 0 Å². The third-order valence-corrected chi connectivity index (χ3v) is 3.39. The lowest BCUT2D eigenvalue weighted by atomic mass is 10.3. The maximum Gasteiger partial charge on any atom is 0.279 e. The number of hydrogen-bond donors (Lipinski definition) is 2. The van der Waals surface area contributed by atoms with E-state index in [4.69, 9.17) is 4.42 Å². The lowest BCUT2D eigenvalue weighted by Crippen LogP contribution is -3.08. The molecule has 1 amide bonds. The molecule has 2 aromatic rings. The normalized spacial score (nSPS) is 12.2. The third kappa shape index (κ3) is 4.51. The van der Waals surface area contributed by atoms with Gasteiger partial charge in [0, 0.05) is 10.2 Å². The van der Waals surface area contributed by atoms with Gasteiger partial charge in [-0.3, -0.25) is 4.79 Å². The summed E-state index contributed by atoms with van der Waals surface area (Å²) in [5, 5.41) is 2.88. The van der Waals surface area contributed by atoms with E-state index < -0.39 is 0 Å². The van der Waals surface area contributed by atoms with E-state index in [1.165, 1.54) is 0 Å². The standard InChI is InChI=1S/C15H17BrN2O2/c1-11-3-8-14(20-11)9-18(2)10-15(19)17-13-6-4-12(16)5-7-13/h3-8H,9-10H2,1-2H3,(H,17,19)/p+1. The molecule has 2 rings (SSSR count). The lowest BCUT2D eigenvalue weighted by molar-refractivity contribution is -0.886. The van der Waals surface area contributed by atoms with E-state index in [1.54, 1.807) is 0 Å². The number of quaternary nitrogens is 1. The summed E-state index contributed by atoms with van der Waals surface area (Å²) in [7, 11) is 1.97. The number of likely N-dealkylation sites (N-methyl/N-ethyl adjacent to an activating group) is 1. The number of aryl methyl sites for hydroxylation is 1. The highest BCUT2D eigenvalue weighted by Gasteiger charge is 2.12. The van der Waals surface area contributed by atoms with Crippen LogP contribution in [-0.2, 0) is 11.3 Å². The second-order valence-electron chi connectivity index (χ2n) is 4.88. The maximum atomic E-state index is 11.9. The molecule has 0 radical (unpaired) electrons. The van der Waals surface area contributed by atoms with E-state index in [-0.39, 0.29) is 5.91 Å². The quantitative estimate of drug-likeness (QED) is 0.876. The zero-order valence-corrected chi connectivity index (χ0v) is 13.2. The Morgan fingerprint density at radius 3 is 2.55 bits per heavy atom. The first-order chi connectivity index (χ1) is 9.52. The number of benzene rings is 1. The van der Waals surface area contributed by atoms with Crippen molar-refractivity contribution in [2.24, 2.45) is 0 Å². The summed E-state index contributed by atoms with van der Waals surface area (Å²) in [6, 6.07) is 11.4. The van der Waals surface area contributed by atoms with Crippen LogP contribution < -0.4 is 10.2 Å². The molecule has 0 aliphatic carbocycles. The molecule has 106 valence electrons. The van der Waals surface area contributed by atoms with Gasteiger partial charge in [-0.05, 0) is 43.3 Å². The largest absolute Gasteiger partial charge is 0.460 e. The Morgan fingerprint density at radius 1 is 1.25 bits per heavy atom. The van der Waals surface area contributed by atoms with Crippen molar-refractivity contribution in [3.63, 3.8) is 0 Å². The number of rotatable bonds is 5. The summed E-state index contributed by atoms with van der Waals surface area (Å²) in [6.45, 7) is 3.01. The van der Waals surface area contributed by atoms with Gasteiger partial charge in [-0.2, -0.15) is 0 Å². The van der Waals surface area contributed by atoms with Crippen LogP contribution in [0.1, 0.15) is 11.5 Å². The van der Waals surface area contributed by atoms with Gasteiger partial charge in [0.2, 0.25) is 0 Å². The number of furan rings is 1. The summed E-state index contributed by atoms with van der Waals surface area (Å²) < 4.78 is 6.50. The van der Waals surface area contributed by atoms with Gasteiger partial charge in [0.1, 0.15) is 12.3 Å². The minimum absolute atomic E-state index is 0.00639. The Bertz CT molecular complexity index is 578. The van der Waals surface area contributed by atoms with Crippen LogP contribution in [0.4, 0.5) is 5.69 Å². The van der Waals surface area contributed by atoms with Crippen LogP contribution >= 0.6 is 15.9 Å². The highest BCUT2D eigenvalue weighted by Crippen LogP contribution is 2.13. The van der Waals surface area contributed by atoms with Gasteiger partial charge in [0.15, 0.2) is 12.3 Å². The molecule has 4 nitrogen and oxygen atoms in total. The SMILES string of the molecule is Cc1ccc(C[NH+](C)CC(=O)Nc2ccc(Br)cc2)o1. The molecule has 2 N–H and O–H groups in total. The van der Waals surface area contributed by atoms with Crippen molar-refractivity contribution < 1.29 is 14.1 Å². The van der Waals surface area contributed by atoms with Gasteiger partial charge in [0.05, 0.1) is 7.05 Å². The molecular formula is C15H18BrN2O2+. The van der Waals surface area contributed by atoms with Gasteiger partial charge >= 0.3 is 0 Å². The summed E-state index contributed by atoms with van der Waals surface area (Å²) >= 11 is 3.36. The Hall–Kier alpha value is -1.59. The molecule has 1 atom stereocenters. The molecule has 1 unspecified atom stereocenters. The number of anilines is 1. The van der Waals surface area contributed by atoms with E-state index in [0.29, 0.717) is 13.1 Å². The van der Waals surface area contributed by atoms with Gasteiger partial charge in [-0.15, -0.1) is 0 Å². The molecule has 0 spiro atoms. The molecule has 5 heteroatoms. The van der Waals surface area contributed by atoms with E-state index in [2.05, 4.69) is 21.2 Å². The first kappa shape index (κ1) is 14.8. The van der Waals surface area contributed by atoms with Crippen molar-refractivity contribution in [1.82, 2.24) is 0 Å². The van der Waals surface area contributed by atoms with Crippen molar-refractivity contribution in [1.29, 1.82) is 0 Å². The van der Waals surface area contributed by atoms with Crippen LogP contribution in [0, 0.1) is 6.92 Å². The maximum absolute atomic E-state index is 11.9. The van der Waals surface area contributed by atoms with Gasteiger partial charge in [-0.25, -0.2) is 0 Å². The number of halogens is 1. The van der Waals surface area contributed by atoms with Crippen molar-refractivity contribution >= 4 is 27.5 Å². The molecule has 1 heterocycles. The van der Waals surface area contributed by atoms with E-state index in [1.807, 2.05) is 50.4 Å². The van der Waals surface area contributed by atoms with E-state index >= 15 is 0 Å². The molecule has 0 saturated heterocycles. The van der Waals surface area contributed by atoms with Crippen LogP contribution in [0.5, 0.6) is 0 Å². The zero-order chi connectivity index (χ0) is 14.5. The first-order valence-electron chi connectivity index (χ1n) is 6.45. The topological polar surface area (TPSA) is 46.7 Å². The molecule has 0 bridgehead atoms. The van der Waals surface area contributed by atoms with Crippen LogP contribution in [0.15, 0.2) is 45.3 Å². The van der Waals surface area contributed by atoms with E-state index in [0.717, 1.165) is 26.6 Å². The van der Waals surface area contributed by atoms with Gasteiger partial charge in [-0.1, -0.05) is 15.9 Å². The summed E-state index contributed by atoms with van der Waals surface area (Å²) in [5.41, 5.74) is 0.805. The van der Waals surface area contributed by atoms with Gasteiger partial charge < -0.3 is 14.6 Å². The zero-order valence-electron chi connectivity index (χ0n) is 11.6. The molecule has 0 aliphatic rings. The van der Waals surface area contributed by atoms with Crippen LogP contribution in [-0.4, -0.2) is 19.5 Å². The number of amides is 1. The molecule has 1 aromatic carbocycles. The lowest BCUT2D eigenvalue weighted by Gasteiger charge is -2.12. The van der Waals surface area contributed by atoms with Crippen molar-refractivity contribution in [2.75, 3.05) is 18.9 Å². The Kier molecular flexibility index (Phi) is 4.98. The smallest absolute Gasteiger partial charge is 0.279 e. The van der Waals surface area contributed by atoms with Crippen molar-refractivity contribution in [3.8, 4) is 0 Å². The number of carbonyl (C=O) groups excluding carboxylic acids is 1.